The van der Waals surface area contributed by atoms with E-state index in [-0.39, 0.29) is 28.5 Å². The van der Waals surface area contributed by atoms with E-state index in [1.54, 1.807) is 43.3 Å². The van der Waals surface area contributed by atoms with Crippen LogP contribution in [0.25, 0.3) is 22.6 Å². The van der Waals surface area contributed by atoms with E-state index in [0.29, 0.717) is 11.3 Å². The van der Waals surface area contributed by atoms with Crippen LogP contribution in [-0.4, -0.2) is 40.7 Å². The van der Waals surface area contributed by atoms with E-state index >= 15 is 0 Å². The highest BCUT2D eigenvalue weighted by atomic mass is 32.2. The lowest BCUT2D eigenvalue weighted by atomic mass is 10.1. The summed E-state index contributed by atoms with van der Waals surface area (Å²) in [5.74, 6) is -1.67. The van der Waals surface area contributed by atoms with Crippen LogP contribution in [0.4, 0.5) is 0 Å². The number of nitrogens with one attached hydrogen (secondary N) is 1. The second-order valence-electron chi connectivity index (χ2n) is 7.05. The van der Waals surface area contributed by atoms with Crippen LogP contribution in [-0.2, 0) is 29.6 Å². The number of nitrogens with two attached hydrogens (primary N) is 1. The van der Waals surface area contributed by atoms with Crippen molar-refractivity contribution in [2.45, 2.75) is 24.3 Å². The minimum Gasteiger partial charge on any atom is -0.468 e. The molecule has 0 aliphatic carbocycles. The van der Waals surface area contributed by atoms with Crippen LogP contribution in [0, 0.1) is 0 Å². The number of carbonyl (C=O) groups is 1. The topological polar surface area (TPSA) is 159 Å². The minimum absolute atomic E-state index is 0.00372. The number of sulfonamides is 2. The summed E-state index contributed by atoms with van der Waals surface area (Å²) < 4.78 is 61.9. The lowest BCUT2D eigenvalue weighted by Gasteiger charge is -2.13. The molecule has 0 aliphatic heterocycles. The average molecular weight is 494 g/mol. The summed E-state index contributed by atoms with van der Waals surface area (Å²) in [6.07, 6.45) is 0.241. The van der Waals surface area contributed by atoms with Gasteiger partial charge in [0.05, 0.1) is 18.0 Å². The highest BCUT2D eigenvalue weighted by Crippen LogP contribution is 2.37. The zero-order valence-corrected chi connectivity index (χ0v) is 19.5. The Bertz CT molecular complexity index is 1350. The maximum Gasteiger partial charge on any atom is 0.322 e. The van der Waals surface area contributed by atoms with Crippen molar-refractivity contribution in [3.05, 3.63) is 60.5 Å². The molecule has 0 saturated heterocycles. The van der Waals surface area contributed by atoms with E-state index in [1.165, 1.54) is 18.2 Å². The number of benzene rings is 2. The molecule has 0 saturated carbocycles. The molecular weight excluding hydrogens is 470 g/mol. The fourth-order valence-corrected chi connectivity index (χ4v) is 5.09. The molecule has 1 heterocycles. The van der Waals surface area contributed by atoms with Gasteiger partial charge in [0.2, 0.25) is 25.9 Å². The molecular formula is C21H23N3O7S2. The molecule has 0 bridgehead atoms. The third-order valence-corrected chi connectivity index (χ3v) is 6.92. The fraction of sp³-hybridized carbons (Fsp3) is 0.238. The number of rotatable bonds is 9. The van der Waals surface area contributed by atoms with Crippen molar-refractivity contribution in [3.63, 3.8) is 0 Å². The summed E-state index contributed by atoms with van der Waals surface area (Å²) >= 11 is 0. The van der Waals surface area contributed by atoms with E-state index in [1.807, 2.05) is 0 Å². The normalized spacial score (nSPS) is 12.9. The van der Waals surface area contributed by atoms with E-state index in [4.69, 9.17) is 9.56 Å². The number of carbonyl (C=O) groups excluding carboxylic acids is 1. The van der Waals surface area contributed by atoms with Crippen LogP contribution in [0.15, 0.2) is 63.9 Å². The third kappa shape index (κ3) is 5.85. The molecule has 176 valence electrons. The van der Waals surface area contributed by atoms with Gasteiger partial charge in [-0.25, -0.2) is 31.7 Å². The molecule has 1 unspecified atom stereocenters. The lowest BCUT2D eigenvalue weighted by molar-refractivity contribution is -0.137. The van der Waals surface area contributed by atoms with Crippen LogP contribution >= 0.6 is 0 Å². The number of esters is 1. The van der Waals surface area contributed by atoms with Crippen molar-refractivity contribution in [2.75, 3.05) is 12.9 Å². The van der Waals surface area contributed by atoms with Crippen LogP contribution < -0.4 is 9.86 Å². The molecule has 0 radical (unpaired) electrons. The molecule has 0 fully saturated rings. The summed E-state index contributed by atoms with van der Waals surface area (Å²) in [5, 5.41) is 5.39. The van der Waals surface area contributed by atoms with Crippen molar-refractivity contribution in [1.82, 2.24) is 9.71 Å². The summed E-state index contributed by atoms with van der Waals surface area (Å²) in [4.78, 5) is 15.8. The van der Waals surface area contributed by atoms with E-state index in [9.17, 15) is 21.6 Å². The monoisotopic (exact) mass is 493 g/mol. The predicted molar refractivity (Wildman–Crippen MR) is 121 cm³/mol. The first kappa shape index (κ1) is 24.6. The van der Waals surface area contributed by atoms with Crippen LogP contribution in [0.1, 0.15) is 25.3 Å². The van der Waals surface area contributed by atoms with Gasteiger partial charge in [-0.1, -0.05) is 49.4 Å². The van der Waals surface area contributed by atoms with Crippen molar-refractivity contribution in [2.24, 2.45) is 5.14 Å². The van der Waals surface area contributed by atoms with Gasteiger partial charge < -0.3 is 9.15 Å². The summed E-state index contributed by atoms with van der Waals surface area (Å²) in [5.41, 5.74) is 1.12. The Morgan fingerprint density at radius 3 is 2.33 bits per heavy atom. The van der Waals surface area contributed by atoms with Gasteiger partial charge in [0, 0.05) is 11.1 Å². The number of primary sulfonamides is 1. The Kier molecular flexibility index (Phi) is 7.32. The Hall–Kier alpha value is -3.06. The van der Waals surface area contributed by atoms with Gasteiger partial charge >= 0.3 is 5.97 Å². The number of methoxy groups -OCH3 is 1. The first-order valence-corrected chi connectivity index (χ1v) is 13.0. The molecule has 2 aromatic carbocycles. The molecule has 3 aromatic rings. The van der Waals surface area contributed by atoms with Gasteiger partial charge in [-0.3, -0.25) is 4.79 Å². The zero-order chi connectivity index (χ0) is 24.2. The van der Waals surface area contributed by atoms with Crippen LogP contribution in [0.5, 0.6) is 0 Å². The number of nitrogens with zero attached hydrogens (tertiary/aromatic N) is 1. The van der Waals surface area contributed by atoms with Crippen molar-refractivity contribution in [3.8, 4) is 22.6 Å². The van der Waals surface area contributed by atoms with Crippen molar-refractivity contribution < 1.29 is 30.8 Å². The molecule has 1 aromatic heterocycles. The van der Waals surface area contributed by atoms with Gasteiger partial charge in [-0.2, -0.15) is 0 Å². The second kappa shape index (κ2) is 9.83. The Balaban J connectivity index is 2.15. The molecule has 0 spiro atoms. The van der Waals surface area contributed by atoms with Gasteiger partial charge in [0.25, 0.3) is 0 Å². The standard InChI is InChI=1S/C21H23N3O7S2/c1-3-16(24-32(26,27)13-18(25)30-2)21-23-19(14-9-5-4-6-10-14)20(31-21)15-11-7-8-12-17(15)33(22,28)29/h4-12,16,24H,3,13H2,1-2H3,(H2,22,28,29). The fourth-order valence-electron chi connectivity index (χ4n) is 3.14. The lowest BCUT2D eigenvalue weighted by Crippen LogP contribution is -2.33. The quantitative estimate of drug-likeness (QED) is 0.429. The molecule has 33 heavy (non-hydrogen) atoms. The molecule has 10 nitrogen and oxygen atoms in total. The summed E-state index contributed by atoms with van der Waals surface area (Å²) in [6.45, 7) is 1.70. The van der Waals surface area contributed by atoms with E-state index < -0.39 is 37.8 Å². The molecule has 3 rings (SSSR count). The Morgan fingerprint density at radius 2 is 1.73 bits per heavy atom. The second-order valence-corrected chi connectivity index (χ2v) is 10.3. The van der Waals surface area contributed by atoms with Crippen LogP contribution in [0.2, 0.25) is 0 Å². The molecule has 0 amide bonds. The Morgan fingerprint density at radius 1 is 1.09 bits per heavy atom. The first-order valence-electron chi connectivity index (χ1n) is 9.81. The van der Waals surface area contributed by atoms with E-state index in [0.717, 1.165) is 7.11 Å². The first-order chi connectivity index (χ1) is 15.6. The largest absolute Gasteiger partial charge is 0.468 e. The highest BCUT2D eigenvalue weighted by Gasteiger charge is 2.29. The number of ether oxygens (including phenoxy) is 1. The predicted octanol–water partition coefficient (Wildman–Crippen LogP) is 2.20. The van der Waals surface area contributed by atoms with Gasteiger partial charge in [-0.05, 0) is 18.6 Å². The van der Waals surface area contributed by atoms with Crippen molar-refractivity contribution in [1.29, 1.82) is 0 Å². The summed E-state index contributed by atoms with van der Waals surface area (Å²) in [6, 6.07) is 14.0. The van der Waals surface area contributed by atoms with Gasteiger partial charge in [-0.15, -0.1) is 0 Å². The maximum atomic E-state index is 12.4. The molecule has 12 heteroatoms. The van der Waals surface area contributed by atoms with Crippen molar-refractivity contribution >= 4 is 26.0 Å². The highest BCUT2D eigenvalue weighted by molar-refractivity contribution is 7.90. The smallest absolute Gasteiger partial charge is 0.322 e. The average Bonchev–Trinajstić information content (AvgIpc) is 3.22. The number of hydrogen-bond donors (Lipinski definition) is 2. The van der Waals surface area contributed by atoms with Gasteiger partial charge in [0.1, 0.15) is 5.69 Å². The number of aromatic nitrogens is 1. The molecule has 0 aliphatic rings. The molecule has 1 atom stereocenters. The number of hydrogen-bond acceptors (Lipinski definition) is 8. The number of oxazole rings is 1. The maximum absolute atomic E-state index is 12.4. The summed E-state index contributed by atoms with van der Waals surface area (Å²) in [7, 11) is -7.06. The SMILES string of the molecule is CCC(NS(=O)(=O)CC(=O)OC)c1nc(-c2ccccc2)c(-c2ccccc2S(N)(=O)=O)o1. The molecule has 3 N–H and O–H groups in total. The zero-order valence-electron chi connectivity index (χ0n) is 17.9. The third-order valence-electron chi connectivity index (χ3n) is 4.69. The van der Waals surface area contributed by atoms with Gasteiger partial charge in [0.15, 0.2) is 11.5 Å². The minimum atomic E-state index is -4.09. The van der Waals surface area contributed by atoms with E-state index in [2.05, 4.69) is 14.4 Å². The van der Waals surface area contributed by atoms with Crippen LogP contribution in [0.3, 0.4) is 0 Å². The Labute approximate surface area is 191 Å².